The van der Waals surface area contributed by atoms with E-state index in [1.165, 1.54) is 5.01 Å². The Hall–Kier alpha value is -2.12. The van der Waals surface area contributed by atoms with Crippen molar-refractivity contribution in [2.24, 2.45) is 0 Å². The van der Waals surface area contributed by atoms with Crippen molar-refractivity contribution in [3.05, 3.63) is 35.9 Å². The number of hydrazine groups is 1. The molecule has 3 saturated heterocycles. The number of nitrogens with zero attached hydrogens (tertiary/aromatic N) is 3. The van der Waals surface area contributed by atoms with E-state index in [0.29, 0.717) is 13.0 Å². The monoisotopic (exact) mass is 317 g/mol. The maximum Gasteiger partial charge on any atom is 0.339 e. The predicted molar refractivity (Wildman–Crippen MR) is 79.5 cm³/mol. The summed E-state index contributed by atoms with van der Waals surface area (Å²) in [6.45, 7) is 2.38. The summed E-state index contributed by atoms with van der Waals surface area (Å²) in [5.74, 6) is -2.15. The van der Waals surface area contributed by atoms with Crippen molar-refractivity contribution in [2.75, 3.05) is 6.54 Å². The number of fused-ring (bicyclic) bond motifs is 3. The van der Waals surface area contributed by atoms with E-state index in [9.17, 15) is 14.7 Å². The van der Waals surface area contributed by atoms with E-state index >= 15 is 0 Å². The molecule has 0 saturated carbocycles. The first-order chi connectivity index (χ1) is 11.0. The number of urea groups is 1. The van der Waals surface area contributed by atoms with Crippen LogP contribution in [0.2, 0.25) is 0 Å². The lowest BCUT2D eigenvalue weighted by Crippen LogP contribution is -2.72. The van der Waals surface area contributed by atoms with Crippen LogP contribution in [-0.4, -0.2) is 56.6 Å². The van der Waals surface area contributed by atoms with Crippen molar-refractivity contribution in [2.45, 2.75) is 44.4 Å². The van der Waals surface area contributed by atoms with Gasteiger partial charge >= 0.3 is 6.03 Å². The average molecular weight is 317 g/mol. The van der Waals surface area contributed by atoms with Gasteiger partial charge in [0, 0.05) is 6.54 Å². The number of carbonyl (C=O) groups is 2. The van der Waals surface area contributed by atoms with Gasteiger partial charge in [0.1, 0.15) is 12.1 Å². The van der Waals surface area contributed by atoms with Crippen molar-refractivity contribution < 1.29 is 19.4 Å². The van der Waals surface area contributed by atoms with Gasteiger partial charge in [0.15, 0.2) is 0 Å². The molecule has 0 aromatic heterocycles. The molecule has 4 rings (SSSR count). The van der Waals surface area contributed by atoms with Crippen molar-refractivity contribution in [3.63, 3.8) is 0 Å². The number of hydrogen-bond donors (Lipinski definition) is 1. The molecule has 3 aliphatic rings. The number of benzene rings is 1. The third-order valence-electron chi connectivity index (χ3n) is 4.78. The molecule has 3 atom stereocenters. The molecule has 7 heteroatoms. The normalized spacial score (nSPS) is 33.2. The molecule has 3 fully saturated rings. The SMILES string of the molecule is C[C@@H]1O[C@]2(O)[C@@H]3CCCN3C(=O)N(Cc3ccccc3)N2C1=O. The molecule has 1 N–H and O–H groups in total. The Morgan fingerprint density at radius 2 is 2.04 bits per heavy atom. The van der Waals surface area contributed by atoms with Crippen molar-refractivity contribution in [3.8, 4) is 0 Å². The quantitative estimate of drug-likeness (QED) is 0.879. The van der Waals surface area contributed by atoms with E-state index in [-0.39, 0.29) is 18.5 Å². The van der Waals surface area contributed by atoms with Crippen LogP contribution >= 0.6 is 0 Å². The van der Waals surface area contributed by atoms with Crippen LogP contribution in [0, 0.1) is 0 Å². The Morgan fingerprint density at radius 3 is 2.78 bits per heavy atom. The minimum Gasteiger partial charge on any atom is -0.346 e. The zero-order chi connectivity index (χ0) is 16.2. The Balaban J connectivity index is 1.74. The Labute approximate surface area is 134 Å². The maximum atomic E-state index is 12.8. The maximum absolute atomic E-state index is 12.8. The van der Waals surface area contributed by atoms with Crippen LogP contribution in [0.25, 0.3) is 0 Å². The largest absolute Gasteiger partial charge is 0.346 e. The molecule has 0 bridgehead atoms. The Kier molecular flexibility index (Phi) is 3.11. The average Bonchev–Trinajstić information content (AvgIpc) is 3.11. The number of carbonyl (C=O) groups excluding carboxylic acids is 2. The minimum absolute atomic E-state index is 0.215. The minimum atomic E-state index is -1.77. The smallest absolute Gasteiger partial charge is 0.339 e. The summed E-state index contributed by atoms with van der Waals surface area (Å²) in [6, 6.07) is 8.64. The number of aliphatic hydroxyl groups is 1. The van der Waals surface area contributed by atoms with Crippen LogP contribution in [0.4, 0.5) is 4.79 Å². The summed E-state index contributed by atoms with van der Waals surface area (Å²) in [5.41, 5.74) is 0.883. The molecule has 0 unspecified atom stereocenters. The predicted octanol–water partition coefficient (Wildman–Crippen LogP) is 0.895. The van der Waals surface area contributed by atoms with Crippen LogP contribution in [-0.2, 0) is 16.1 Å². The Morgan fingerprint density at radius 1 is 1.30 bits per heavy atom. The van der Waals surface area contributed by atoms with Gasteiger partial charge in [0.05, 0.1) is 6.54 Å². The van der Waals surface area contributed by atoms with Crippen LogP contribution in [0.3, 0.4) is 0 Å². The topological polar surface area (TPSA) is 73.3 Å². The molecule has 1 aromatic carbocycles. The highest BCUT2D eigenvalue weighted by atomic mass is 16.7. The third kappa shape index (κ3) is 1.96. The fraction of sp³-hybridized carbons (Fsp3) is 0.500. The number of amides is 3. The summed E-state index contributed by atoms with van der Waals surface area (Å²) in [5, 5.41) is 13.5. The van der Waals surface area contributed by atoms with Crippen LogP contribution in [0.1, 0.15) is 25.3 Å². The number of ether oxygens (including phenoxy) is 1. The summed E-state index contributed by atoms with van der Waals surface area (Å²) in [7, 11) is 0. The lowest BCUT2D eigenvalue weighted by molar-refractivity contribution is -0.329. The zero-order valence-electron chi connectivity index (χ0n) is 12.9. The second kappa shape index (κ2) is 4.94. The molecule has 3 aliphatic heterocycles. The second-order valence-corrected chi connectivity index (χ2v) is 6.25. The van der Waals surface area contributed by atoms with Crippen LogP contribution in [0.15, 0.2) is 30.3 Å². The molecule has 3 heterocycles. The first-order valence-corrected chi connectivity index (χ1v) is 7.88. The van der Waals surface area contributed by atoms with E-state index < -0.39 is 18.1 Å². The molecule has 7 nitrogen and oxygen atoms in total. The van der Waals surface area contributed by atoms with E-state index in [1.54, 1.807) is 11.8 Å². The molecule has 1 aromatic rings. The zero-order valence-corrected chi connectivity index (χ0v) is 12.9. The highest BCUT2D eigenvalue weighted by molar-refractivity contribution is 5.87. The standard InChI is InChI=1S/C16H19N3O4/c1-11-14(20)19-16(22,23-11)13-8-5-9-17(13)15(21)18(19)10-12-6-3-2-4-7-12/h2-4,6-7,11,13,22H,5,8-10H2,1H3/t11-,13-,16+/m0/s1. The first kappa shape index (κ1) is 14.5. The van der Waals surface area contributed by atoms with E-state index in [2.05, 4.69) is 0 Å². The fourth-order valence-electron chi connectivity index (χ4n) is 3.72. The molecule has 0 aliphatic carbocycles. The van der Waals surface area contributed by atoms with Gasteiger partial charge in [-0.25, -0.2) is 9.80 Å². The molecule has 0 spiro atoms. The second-order valence-electron chi connectivity index (χ2n) is 6.25. The lowest BCUT2D eigenvalue weighted by Gasteiger charge is -2.50. The van der Waals surface area contributed by atoms with Gasteiger partial charge in [-0.15, -0.1) is 0 Å². The van der Waals surface area contributed by atoms with Gasteiger partial charge in [-0.2, -0.15) is 5.01 Å². The van der Waals surface area contributed by atoms with Crippen molar-refractivity contribution in [1.29, 1.82) is 0 Å². The van der Waals surface area contributed by atoms with Gasteiger partial charge in [-0.05, 0) is 25.3 Å². The van der Waals surface area contributed by atoms with Crippen molar-refractivity contribution >= 4 is 11.9 Å². The molecule has 0 radical (unpaired) electrons. The first-order valence-electron chi connectivity index (χ1n) is 7.88. The highest BCUT2D eigenvalue weighted by Crippen LogP contribution is 2.42. The number of hydrogen-bond acceptors (Lipinski definition) is 4. The fourth-order valence-corrected chi connectivity index (χ4v) is 3.72. The third-order valence-corrected chi connectivity index (χ3v) is 4.78. The van der Waals surface area contributed by atoms with Crippen molar-refractivity contribution in [1.82, 2.24) is 14.9 Å². The van der Waals surface area contributed by atoms with Gasteiger partial charge in [0.2, 0.25) is 0 Å². The Bertz CT molecular complexity index is 652. The van der Waals surface area contributed by atoms with Gasteiger partial charge in [0.25, 0.3) is 11.8 Å². The summed E-state index contributed by atoms with van der Waals surface area (Å²) >= 11 is 0. The van der Waals surface area contributed by atoms with Gasteiger partial charge in [-0.1, -0.05) is 30.3 Å². The van der Waals surface area contributed by atoms with E-state index in [1.807, 2.05) is 30.3 Å². The number of rotatable bonds is 2. The molecular weight excluding hydrogens is 298 g/mol. The van der Waals surface area contributed by atoms with Crippen LogP contribution < -0.4 is 0 Å². The van der Waals surface area contributed by atoms with Crippen LogP contribution in [0.5, 0.6) is 0 Å². The highest BCUT2D eigenvalue weighted by Gasteiger charge is 2.64. The molecule has 23 heavy (non-hydrogen) atoms. The van der Waals surface area contributed by atoms with E-state index in [0.717, 1.165) is 17.0 Å². The van der Waals surface area contributed by atoms with Gasteiger partial charge in [-0.3, -0.25) is 4.79 Å². The molecule has 122 valence electrons. The van der Waals surface area contributed by atoms with E-state index in [4.69, 9.17) is 4.74 Å². The summed E-state index contributed by atoms with van der Waals surface area (Å²) in [4.78, 5) is 27.0. The van der Waals surface area contributed by atoms with Gasteiger partial charge < -0.3 is 14.7 Å². The molecular formula is C16H19N3O4. The summed E-state index contributed by atoms with van der Waals surface area (Å²) in [6.07, 6.45) is 0.641. The summed E-state index contributed by atoms with van der Waals surface area (Å²) < 4.78 is 5.59. The molecule has 3 amide bonds. The lowest BCUT2D eigenvalue weighted by atomic mass is 10.1.